The van der Waals surface area contributed by atoms with Gasteiger partial charge in [0.05, 0.1) is 5.75 Å². The van der Waals surface area contributed by atoms with Gasteiger partial charge in [-0.05, 0) is 32.2 Å². The van der Waals surface area contributed by atoms with Crippen molar-refractivity contribution in [3.63, 3.8) is 0 Å². The summed E-state index contributed by atoms with van der Waals surface area (Å²) in [6.45, 7) is 2.82. The molecule has 100 valence electrons. The first-order valence-electron chi connectivity index (χ1n) is 5.78. The van der Waals surface area contributed by atoms with E-state index in [0.29, 0.717) is 13.1 Å². The van der Waals surface area contributed by atoms with Gasteiger partial charge in [-0.3, -0.25) is 4.79 Å². The maximum absolute atomic E-state index is 12.0. The maximum atomic E-state index is 12.0. The second-order valence-electron chi connectivity index (χ2n) is 4.57. The van der Waals surface area contributed by atoms with Crippen LogP contribution in [-0.4, -0.2) is 48.7 Å². The normalized spacial score (nSPS) is 26.2. The van der Waals surface area contributed by atoms with Crippen LogP contribution in [0, 0.1) is 5.92 Å². The molecule has 1 saturated heterocycles. The fraction of sp³-hybridized carbons (Fsp3) is 0.900. The molecule has 2 unspecified atom stereocenters. The SMILES string of the molecule is CC1CC(CN)CN1S(=O)(=O)CCCC(=O)O. The number of carboxylic acid groups (broad SMARTS) is 1. The molecule has 0 aromatic carbocycles. The molecule has 7 heteroatoms. The van der Waals surface area contributed by atoms with E-state index in [2.05, 4.69) is 0 Å². The Morgan fingerprint density at radius 3 is 2.65 bits per heavy atom. The number of rotatable bonds is 6. The molecule has 1 aliphatic heterocycles. The van der Waals surface area contributed by atoms with Crippen LogP contribution in [-0.2, 0) is 14.8 Å². The molecule has 1 rings (SSSR count). The van der Waals surface area contributed by atoms with Crippen LogP contribution in [0.15, 0.2) is 0 Å². The highest BCUT2D eigenvalue weighted by molar-refractivity contribution is 7.89. The summed E-state index contributed by atoms with van der Waals surface area (Å²) in [5.74, 6) is -0.838. The van der Waals surface area contributed by atoms with Crippen LogP contribution < -0.4 is 5.73 Å². The van der Waals surface area contributed by atoms with Crippen molar-refractivity contribution in [2.24, 2.45) is 11.7 Å². The van der Waals surface area contributed by atoms with Crippen molar-refractivity contribution in [1.82, 2.24) is 4.31 Å². The Balaban J connectivity index is 2.55. The van der Waals surface area contributed by atoms with Crippen molar-refractivity contribution >= 4 is 16.0 Å². The van der Waals surface area contributed by atoms with Crippen LogP contribution in [0.25, 0.3) is 0 Å². The molecule has 1 aliphatic rings. The predicted octanol–water partition coefficient (Wildman–Crippen LogP) is -0.150. The van der Waals surface area contributed by atoms with Crippen LogP contribution in [0.3, 0.4) is 0 Å². The third-order valence-electron chi connectivity index (χ3n) is 3.09. The highest BCUT2D eigenvalue weighted by atomic mass is 32.2. The van der Waals surface area contributed by atoms with Gasteiger partial charge >= 0.3 is 5.97 Å². The number of carboxylic acids is 1. The number of sulfonamides is 1. The first kappa shape index (κ1) is 14.4. The van der Waals surface area contributed by atoms with Crippen LogP contribution >= 0.6 is 0 Å². The number of carbonyl (C=O) groups is 1. The van der Waals surface area contributed by atoms with E-state index in [4.69, 9.17) is 10.8 Å². The van der Waals surface area contributed by atoms with Crippen LogP contribution in [0.5, 0.6) is 0 Å². The van der Waals surface area contributed by atoms with Crippen molar-refractivity contribution in [1.29, 1.82) is 0 Å². The Morgan fingerprint density at radius 2 is 2.18 bits per heavy atom. The molecule has 0 aliphatic carbocycles. The fourth-order valence-electron chi connectivity index (χ4n) is 2.19. The standard InChI is InChI=1S/C10H20N2O4S/c1-8-5-9(6-11)7-12(8)17(15,16)4-2-3-10(13)14/h8-9H,2-7,11H2,1H3,(H,13,14). The van der Waals surface area contributed by atoms with Crippen LogP contribution in [0.1, 0.15) is 26.2 Å². The lowest BCUT2D eigenvalue weighted by Crippen LogP contribution is -2.36. The van der Waals surface area contributed by atoms with E-state index in [9.17, 15) is 13.2 Å². The van der Waals surface area contributed by atoms with Gasteiger partial charge in [-0.15, -0.1) is 0 Å². The summed E-state index contributed by atoms with van der Waals surface area (Å²) >= 11 is 0. The Hall–Kier alpha value is -0.660. The molecule has 0 radical (unpaired) electrons. The molecule has 0 aromatic rings. The molecule has 0 spiro atoms. The first-order valence-corrected chi connectivity index (χ1v) is 7.39. The minimum absolute atomic E-state index is 0.0293. The summed E-state index contributed by atoms with van der Waals surface area (Å²) in [5.41, 5.74) is 5.54. The van der Waals surface area contributed by atoms with Crippen molar-refractivity contribution in [2.75, 3.05) is 18.8 Å². The first-order chi connectivity index (χ1) is 7.86. The van der Waals surface area contributed by atoms with E-state index < -0.39 is 16.0 Å². The molecule has 0 aromatic heterocycles. The zero-order valence-corrected chi connectivity index (χ0v) is 10.8. The summed E-state index contributed by atoms with van der Waals surface area (Å²) in [7, 11) is -3.33. The Bertz CT molecular complexity index is 369. The van der Waals surface area contributed by atoms with E-state index in [1.165, 1.54) is 4.31 Å². The second kappa shape index (κ2) is 5.79. The topological polar surface area (TPSA) is 101 Å². The van der Waals surface area contributed by atoms with Gasteiger partial charge < -0.3 is 10.8 Å². The van der Waals surface area contributed by atoms with E-state index in [1.807, 2.05) is 6.92 Å². The van der Waals surface area contributed by atoms with Gasteiger partial charge in [-0.25, -0.2) is 8.42 Å². The summed E-state index contributed by atoms with van der Waals surface area (Å²) in [5, 5.41) is 8.48. The summed E-state index contributed by atoms with van der Waals surface area (Å²) in [6.07, 6.45) is 0.838. The van der Waals surface area contributed by atoms with Gasteiger partial charge in [-0.1, -0.05) is 0 Å². The molecular formula is C10H20N2O4S. The third kappa shape index (κ3) is 3.93. The number of aliphatic carboxylic acids is 1. The average Bonchev–Trinajstić information content (AvgIpc) is 2.59. The average molecular weight is 264 g/mol. The molecule has 0 saturated carbocycles. The quantitative estimate of drug-likeness (QED) is 0.695. The Morgan fingerprint density at radius 1 is 1.53 bits per heavy atom. The fourth-order valence-corrected chi connectivity index (χ4v) is 4.01. The monoisotopic (exact) mass is 264 g/mol. The predicted molar refractivity (Wildman–Crippen MR) is 64.0 cm³/mol. The van der Waals surface area contributed by atoms with Crippen molar-refractivity contribution in [3.8, 4) is 0 Å². The molecule has 3 N–H and O–H groups in total. The number of hydrogen-bond donors (Lipinski definition) is 2. The molecule has 17 heavy (non-hydrogen) atoms. The lowest BCUT2D eigenvalue weighted by Gasteiger charge is -2.20. The molecule has 1 heterocycles. The minimum Gasteiger partial charge on any atom is -0.481 e. The number of nitrogens with two attached hydrogens (primary N) is 1. The Kier molecular flexibility index (Phi) is 4.91. The molecular weight excluding hydrogens is 244 g/mol. The summed E-state index contributed by atoms with van der Waals surface area (Å²) in [4.78, 5) is 10.3. The van der Waals surface area contributed by atoms with Gasteiger partial charge in [0.2, 0.25) is 10.0 Å². The lowest BCUT2D eigenvalue weighted by atomic mass is 10.1. The molecule has 6 nitrogen and oxygen atoms in total. The van der Waals surface area contributed by atoms with Gasteiger partial charge in [-0.2, -0.15) is 4.31 Å². The van der Waals surface area contributed by atoms with E-state index in [0.717, 1.165) is 6.42 Å². The molecule has 1 fully saturated rings. The summed E-state index contributed by atoms with van der Waals surface area (Å²) in [6, 6.07) is -0.0293. The van der Waals surface area contributed by atoms with Crippen molar-refractivity contribution in [2.45, 2.75) is 32.2 Å². The van der Waals surface area contributed by atoms with Gasteiger partial charge in [0, 0.05) is 19.0 Å². The van der Waals surface area contributed by atoms with Gasteiger partial charge in [0.15, 0.2) is 0 Å². The smallest absolute Gasteiger partial charge is 0.303 e. The van der Waals surface area contributed by atoms with E-state index in [-0.39, 0.29) is 30.6 Å². The highest BCUT2D eigenvalue weighted by Crippen LogP contribution is 2.25. The zero-order valence-electron chi connectivity index (χ0n) is 10.0. The minimum atomic E-state index is -3.33. The highest BCUT2D eigenvalue weighted by Gasteiger charge is 2.35. The van der Waals surface area contributed by atoms with E-state index in [1.54, 1.807) is 0 Å². The zero-order chi connectivity index (χ0) is 13.1. The van der Waals surface area contributed by atoms with E-state index >= 15 is 0 Å². The summed E-state index contributed by atoms with van der Waals surface area (Å²) < 4.78 is 25.4. The lowest BCUT2D eigenvalue weighted by molar-refractivity contribution is -0.137. The molecule has 0 amide bonds. The van der Waals surface area contributed by atoms with Crippen molar-refractivity contribution < 1.29 is 18.3 Å². The van der Waals surface area contributed by atoms with Crippen molar-refractivity contribution in [3.05, 3.63) is 0 Å². The molecule has 0 bridgehead atoms. The van der Waals surface area contributed by atoms with Gasteiger partial charge in [0.1, 0.15) is 0 Å². The maximum Gasteiger partial charge on any atom is 0.303 e. The Labute approximate surface area is 102 Å². The van der Waals surface area contributed by atoms with Crippen LogP contribution in [0.2, 0.25) is 0 Å². The third-order valence-corrected chi connectivity index (χ3v) is 5.12. The number of hydrogen-bond acceptors (Lipinski definition) is 4. The molecule has 2 atom stereocenters. The van der Waals surface area contributed by atoms with Crippen LogP contribution in [0.4, 0.5) is 0 Å². The second-order valence-corrected chi connectivity index (χ2v) is 6.61. The largest absolute Gasteiger partial charge is 0.481 e. The number of nitrogens with zero attached hydrogens (tertiary/aromatic N) is 1. The van der Waals surface area contributed by atoms with Gasteiger partial charge in [0.25, 0.3) is 0 Å².